The summed E-state index contributed by atoms with van der Waals surface area (Å²) in [5.74, 6) is -0.926. The van der Waals surface area contributed by atoms with Gasteiger partial charge >= 0.3 is 0 Å². The van der Waals surface area contributed by atoms with Crippen LogP contribution in [0.25, 0.3) is 0 Å². The number of rotatable bonds is 0. The van der Waals surface area contributed by atoms with Gasteiger partial charge in [-0.2, -0.15) is 0 Å². The predicted octanol–water partition coefficient (Wildman–Crippen LogP) is 5.75. The van der Waals surface area contributed by atoms with E-state index < -0.39 is 33.0 Å². The molecule has 4 bridgehead atoms. The maximum Gasteiger partial charge on any atom is 0.198 e. The molecule has 1 saturated heterocycles. The summed E-state index contributed by atoms with van der Waals surface area (Å²) in [7, 11) is 0. The smallest absolute Gasteiger partial charge is 0.198 e. The number of Topliss-reactive ketones (excluding diaryl/α,β-unsaturated/α-hetero) is 2. The molecule has 1 N–H and O–H groups in total. The molecule has 0 radical (unpaired) electrons. The lowest BCUT2D eigenvalue weighted by atomic mass is 9.63. The average Bonchev–Trinajstić information content (AvgIpc) is 2.71. The summed E-state index contributed by atoms with van der Waals surface area (Å²) in [6.07, 6.45) is 5.84. The fourth-order valence-electron chi connectivity index (χ4n) is 4.81. The summed E-state index contributed by atoms with van der Waals surface area (Å²) in [6, 6.07) is 2.65. The summed E-state index contributed by atoms with van der Waals surface area (Å²) in [5, 5.41) is 9.77. The zero-order valence-electron chi connectivity index (χ0n) is 18.8. The van der Waals surface area contributed by atoms with Gasteiger partial charge in [0.1, 0.15) is 23.0 Å². The molecule has 7 heteroatoms. The van der Waals surface area contributed by atoms with Crippen molar-refractivity contribution >= 4 is 34.8 Å². The number of ether oxygens (including phenoxy) is 2. The highest BCUT2D eigenvalue weighted by Gasteiger charge is 2.70. The van der Waals surface area contributed by atoms with Crippen molar-refractivity contribution in [3.05, 3.63) is 46.6 Å². The Morgan fingerprint density at radius 1 is 1.09 bits per heavy atom. The van der Waals surface area contributed by atoms with Gasteiger partial charge in [0.15, 0.2) is 17.2 Å². The van der Waals surface area contributed by atoms with Crippen LogP contribution in [0.1, 0.15) is 74.1 Å². The van der Waals surface area contributed by atoms with E-state index in [2.05, 4.69) is 6.08 Å². The molecular formula is C25H28Cl2O5. The molecule has 172 valence electrons. The second kappa shape index (κ2) is 7.89. The number of carbonyl (C=O) groups excluding carboxylic acids is 2. The minimum atomic E-state index is -1.69. The first-order chi connectivity index (χ1) is 14.9. The van der Waals surface area contributed by atoms with Gasteiger partial charge < -0.3 is 14.6 Å². The van der Waals surface area contributed by atoms with Gasteiger partial charge in [0.2, 0.25) is 0 Å². The van der Waals surface area contributed by atoms with Crippen molar-refractivity contribution in [1.29, 1.82) is 0 Å². The third-order valence-corrected chi connectivity index (χ3v) is 8.11. The van der Waals surface area contributed by atoms with Crippen molar-refractivity contribution in [3.8, 4) is 11.5 Å². The van der Waals surface area contributed by atoms with Gasteiger partial charge in [-0.25, -0.2) is 0 Å². The van der Waals surface area contributed by atoms with E-state index in [4.69, 9.17) is 32.7 Å². The Morgan fingerprint density at radius 2 is 1.81 bits per heavy atom. The van der Waals surface area contributed by atoms with Gasteiger partial charge in [0.05, 0.1) is 16.5 Å². The fourth-order valence-corrected chi connectivity index (χ4v) is 5.62. The number of hydrogen-bond acceptors (Lipinski definition) is 5. The van der Waals surface area contributed by atoms with E-state index in [1.165, 1.54) is 12.1 Å². The van der Waals surface area contributed by atoms with Crippen molar-refractivity contribution in [2.24, 2.45) is 0 Å². The van der Waals surface area contributed by atoms with Crippen LogP contribution in [0.2, 0.25) is 0 Å². The van der Waals surface area contributed by atoms with Gasteiger partial charge in [-0.3, -0.25) is 9.59 Å². The molecule has 1 aromatic rings. The topological polar surface area (TPSA) is 72.8 Å². The molecule has 4 aliphatic rings. The molecule has 1 aromatic carbocycles. The number of aromatic hydroxyl groups is 1. The predicted molar refractivity (Wildman–Crippen MR) is 124 cm³/mol. The number of benzene rings is 1. The highest BCUT2D eigenvalue weighted by molar-refractivity contribution is 6.45. The minimum Gasteiger partial charge on any atom is -0.508 e. The van der Waals surface area contributed by atoms with E-state index in [-0.39, 0.29) is 42.1 Å². The fraction of sp³-hybridized carbons (Fsp3) is 0.520. The highest BCUT2D eigenvalue weighted by atomic mass is 35.5. The Labute approximate surface area is 198 Å². The molecule has 3 atom stereocenters. The molecule has 3 aliphatic heterocycles. The summed E-state index contributed by atoms with van der Waals surface area (Å²) in [6.45, 7) is 7.76. The SMILES string of the molecule is CC1=CCC23OC(C)(C)C(Cl)CC2(Cl)C(=O)c2c(cc(O)cc2C3=O)OCC(C)=CCC1. The molecule has 3 unspecified atom stereocenters. The Hall–Kier alpha value is -1.82. The molecule has 5 nitrogen and oxygen atoms in total. The van der Waals surface area contributed by atoms with Crippen molar-refractivity contribution in [2.45, 2.75) is 74.8 Å². The molecule has 3 heterocycles. The number of alkyl halides is 2. The van der Waals surface area contributed by atoms with Crippen LogP contribution < -0.4 is 4.74 Å². The maximum atomic E-state index is 14.1. The van der Waals surface area contributed by atoms with E-state index in [1.807, 2.05) is 19.9 Å². The second-order valence-corrected chi connectivity index (χ2v) is 10.8. The molecule has 5 rings (SSSR count). The van der Waals surface area contributed by atoms with Crippen LogP contribution in [0, 0.1) is 0 Å². The second-order valence-electron chi connectivity index (χ2n) is 9.66. The van der Waals surface area contributed by atoms with E-state index in [0.29, 0.717) is 0 Å². The molecule has 32 heavy (non-hydrogen) atoms. The molecule has 0 saturated carbocycles. The summed E-state index contributed by atoms with van der Waals surface area (Å²) >= 11 is 13.7. The number of fused-ring (bicyclic) bond motifs is 6. The van der Waals surface area contributed by atoms with Crippen molar-refractivity contribution in [1.82, 2.24) is 0 Å². The molecule has 1 fully saturated rings. The van der Waals surface area contributed by atoms with Gasteiger partial charge in [0, 0.05) is 18.1 Å². The molecule has 1 spiro atoms. The van der Waals surface area contributed by atoms with Crippen LogP contribution in [0.4, 0.5) is 0 Å². The Balaban J connectivity index is 2.01. The zero-order valence-corrected chi connectivity index (χ0v) is 20.3. The first-order valence-electron chi connectivity index (χ1n) is 10.8. The van der Waals surface area contributed by atoms with Gasteiger partial charge in [-0.1, -0.05) is 17.7 Å². The molecule has 1 aliphatic carbocycles. The first kappa shape index (κ1) is 23.3. The number of phenolic OH excluding ortho intramolecular Hbond substituents is 1. The third-order valence-electron chi connectivity index (χ3n) is 6.80. The quantitative estimate of drug-likeness (QED) is 0.379. The molecular weight excluding hydrogens is 451 g/mol. The van der Waals surface area contributed by atoms with Crippen molar-refractivity contribution in [3.63, 3.8) is 0 Å². The summed E-state index contributed by atoms with van der Waals surface area (Å²) in [4.78, 5) is 26.3. The zero-order chi connectivity index (χ0) is 23.5. The van der Waals surface area contributed by atoms with Crippen molar-refractivity contribution in [2.75, 3.05) is 6.61 Å². The Kier molecular flexibility index (Phi) is 5.76. The van der Waals surface area contributed by atoms with E-state index in [9.17, 15) is 14.7 Å². The van der Waals surface area contributed by atoms with E-state index in [1.54, 1.807) is 13.8 Å². The third kappa shape index (κ3) is 3.49. The van der Waals surface area contributed by atoms with E-state index >= 15 is 0 Å². The Bertz CT molecular complexity index is 1060. The number of allylic oxidation sites excluding steroid dienone is 2. The van der Waals surface area contributed by atoms with E-state index in [0.717, 1.165) is 24.0 Å². The van der Waals surface area contributed by atoms with Crippen LogP contribution in [0.3, 0.4) is 0 Å². The highest BCUT2D eigenvalue weighted by Crippen LogP contribution is 2.56. The average molecular weight is 479 g/mol. The number of phenols is 1. The number of halogens is 2. The van der Waals surface area contributed by atoms with Gasteiger partial charge in [-0.15, -0.1) is 23.2 Å². The lowest BCUT2D eigenvalue weighted by Gasteiger charge is -2.56. The Morgan fingerprint density at radius 3 is 2.53 bits per heavy atom. The standard InChI is InChI=1S/C25H28Cl2O5/c1-14-6-5-7-15(2)13-31-18-11-16(28)10-17-20(18)22(30)24(27)12-19(26)23(3,4)32-25(24,9-8-14)21(17)29/h7-8,10-11,19,28H,5-6,9,12-13H2,1-4H3. The minimum absolute atomic E-state index is 0.0647. The van der Waals surface area contributed by atoms with Crippen LogP contribution >= 0.6 is 23.2 Å². The lowest BCUT2D eigenvalue weighted by molar-refractivity contribution is -0.157. The molecule has 0 aromatic heterocycles. The lowest BCUT2D eigenvalue weighted by Crippen LogP contribution is -2.72. The normalized spacial score (nSPS) is 32.4. The summed E-state index contributed by atoms with van der Waals surface area (Å²) < 4.78 is 12.3. The number of ketones is 2. The number of carbonyl (C=O) groups is 2. The van der Waals surface area contributed by atoms with Crippen LogP contribution in [-0.4, -0.2) is 44.7 Å². The largest absolute Gasteiger partial charge is 0.508 e. The van der Waals surface area contributed by atoms with Gasteiger partial charge in [0.25, 0.3) is 0 Å². The maximum absolute atomic E-state index is 14.1. The summed E-state index contributed by atoms with van der Waals surface area (Å²) in [5.41, 5.74) is -0.338. The van der Waals surface area contributed by atoms with Crippen LogP contribution in [-0.2, 0) is 4.74 Å². The van der Waals surface area contributed by atoms with Crippen LogP contribution in [0.5, 0.6) is 11.5 Å². The molecule has 0 amide bonds. The monoisotopic (exact) mass is 478 g/mol. The number of hydrogen-bond donors (Lipinski definition) is 1. The van der Waals surface area contributed by atoms with Gasteiger partial charge in [-0.05, 0) is 58.6 Å². The van der Waals surface area contributed by atoms with Crippen LogP contribution in [0.15, 0.2) is 35.4 Å². The first-order valence-corrected chi connectivity index (χ1v) is 11.7. The van der Waals surface area contributed by atoms with Crippen molar-refractivity contribution < 1.29 is 24.2 Å².